The third-order valence-corrected chi connectivity index (χ3v) is 5.22. The molecule has 8 nitrogen and oxygen atoms in total. The molecule has 10 heteroatoms. The first-order valence-electron chi connectivity index (χ1n) is 9.03. The fraction of sp³-hybridized carbons (Fsp3) is 0.200. The van der Waals surface area contributed by atoms with Crippen LogP contribution < -0.4 is 10.1 Å². The number of aromatic nitrogens is 3. The van der Waals surface area contributed by atoms with Gasteiger partial charge in [-0.2, -0.15) is 0 Å². The van der Waals surface area contributed by atoms with Crippen LogP contribution in [0.15, 0.2) is 53.9 Å². The van der Waals surface area contributed by atoms with E-state index in [9.17, 15) is 4.79 Å². The van der Waals surface area contributed by atoms with Crippen LogP contribution >= 0.6 is 23.2 Å². The molecule has 2 aromatic carbocycles. The fourth-order valence-electron chi connectivity index (χ4n) is 2.92. The molecular weight excluding hydrogens is 429 g/mol. The Labute approximate surface area is 182 Å². The van der Waals surface area contributed by atoms with E-state index in [1.165, 1.54) is 6.33 Å². The highest BCUT2D eigenvalue weighted by Gasteiger charge is 2.29. The number of carbonyl (C=O) groups excluding carboxylic acids is 1. The molecule has 1 aliphatic rings. The molecule has 1 unspecified atom stereocenters. The van der Waals surface area contributed by atoms with Gasteiger partial charge in [-0.25, -0.2) is 9.67 Å². The maximum Gasteiger partial charge on any atom is 0.271 e. The first kappa shape index (κ1) is 20.2. The van der Waals surface area contributed by atoms with Crippen molar-refractivity contribution in [3.05, 3.63) is 70.0 Å². The van der Waals surface area contributed by atoms with Gasteiger partial charge in [0.15, 0.2) is 0 Å². The van der Waals surface area contributed by atoms with Crippen LogP contribution in [0.1, 0.15) is 17.5 Å². The second kappa shape index (κ2) is 8.73. The lowest BCUT2D eigenvalue weighted by Gasteiger charge is -2.07. The van der Waals surface area contributed by atoms with Gasteiger partial charge in [0.2, 0.25) is 12.1 Å². The highest BCUT2D eigenvalue weighted by atomic mass is 35.5. The predicted molar refractivity (Wildman–Crippen MR) is 113 cm³/mol. The van der Waals surface area contributed by atoms with E-state index in [1.54, 1.807) is 23.9 Å². The summed E-state index contributed by atoms with van der Waals surface area (Å²) in [6, 6.07) is 12.7. The SMILES string of the molecule is COc1ccc(C2=NOC(C(=O)Nc3ncn(Cc4ccc(Cl)c(Cl)c4)n3)C2)cc1. The minimum Gasteiger partial charge on any atom is -0.497 e. The van der Waals surface area contributed by atoms with Crippen LogP contribution in [0.5, 0.6) is 5.75 Å². The molecule has 1 atom stereocenters. The first-order chi connectivity index (χ1) is 14.5. The average Bonchev–Trinajstić information content (AvgIpc) is 3.41. The van der Waals surface area contributed by atoms with Crippen molar-refractivity contribution in [3.8, 4) is 5.75 Å². The Kier molecular flexibility index (Phi) is 5.87. The number of benzene rings is 2. The summed E-state index contributed by atoms with van der Waals surface area (Å²) in [5.41, 5.74) is 2.47. The van der Waals surface area contributed by atoms with E-state index in [2.05, 4.69) is 20.6 Å². The van der Waals surface area contributed by atoms with E-state index < -0.39 is 6.10 Å². The molecule has 1 aromatic heterocycles. The molecule has 0 saturated carbocycles. The predicted octanol–water partition coefficient (Wildman–Crippen LogP) is 3.77. The number of carbonyl (C=O) groups is 1. The molecule has 4 rings (SSSR count). The van der Waals surface area contributed by atoms with Crippen LogP contribution in [0.3, 0.4) is 0 Å². The van der Waals surface area contributed by atoms with Gasteiger partial charge in [-0.3, -0.25) is 10.1 Å². The van der Waals surface area contributed by atoms with E-state index in [-0.39, 0.29) is 11.9 Å². The molecule has 1 amide bonds. The van der Waals surface area contributed by atoms with Gasteiger partial charge in [0.05, 0.1) is 29.4 Å². The fourth-order valence-corrected chi connectivity index (χ4v) is 3.24. The van der Waals surface area contributed by atoms with Crippen molar-refractivity contribution < 1.29 is 14.4 Å². The molecule has 0 radical (unpaired) electrons. The van der Waals surface area contributed by atoms with Crippen molar-refractivity contribution in [2.45, 2.75) is 19.1 Å². The van der Waals surface area contributed by atoms with Crippen molar-refractivity contribution in [1.82, 2.24) is 14.8 Å². The number of anilines is 1. The standard InChI is InChI=1S/C20H17Cl2N5O3/c1-29-14-5-3-13(4-6-14)17-9-18(30-26-17)19(28)24-20-23-11-27(25-20)10-12-2-7-15(21)16(22)8-12/h2-8,11,18H,9-10H2,1H3,(H,24,25,28). The average molecular weight is 446 g/mol. The molecule has 3 aromatic rings. The molecule has 0 aliphatic carbocycles. The van der Waals surface area contributed by atoms with E-state index >= 15 is 0 Å². The number of amides is 1. The van der Waals surface area contributed by atoms with Gasteiger partial charge in [0.25, 0.3) is 5.91 Å². The lowest BCUT2D eigenvalue weighted by atomic mass is 10.0. The quantitative estimate of drug-likeness (QED) is 0.623. The number of hydrogen-bond donors (Lipinski definition) is 1. The summed E-state index contributed by atoms with van der Waals surface area (Å²) < 4.78 is 6.73. The van der Waals surface area contributed by atoms with Gasteiger partial charge >= 0.3 is 0 Å². The van der Waals surface area contributed by atoms with Crippen molar-refractivity contribution in [3.63, 3.8) is 0 Å². The Morgan fingerprint density at radius 3 is 2.77 bits per heavy atom. The molecule has 30 heavy (non-hydrogen) atoms. The summed E-state index contributed by atoms with van der Waals surface area (Å²) in [7, 11) is 1.60. The van der Waals surface area contributed by atoms with Crippen molar-refractivity contribution in [2.75, 3.05) is 12.4 Å². The van der Waals surface area contributed by atoms with Gasteiger partial charge in [0.1, 0.15) is 12.1 Å². The van der Waals surface area contributed by atoms with Gasteiger partial charge in [-0.05, 0) is 47.5 Å². The van der Waals surface area contributed by atoms with E-state index in [0.29, 0.717) is 28.7 Å². The molecular formula is C20H17Cl2N5O3. The Morgan fingerprint density at radius 1 is 1.23 bits per heavy atom. The van der Waals surface area contributed by atoms with Crippen molar-refractivity contribution >= 4 is 40.8 Å². The Bertz CT molecular complexity index is 1100. The Balaban J connectivity index is 1.34. The molecule has 0 fully saturated rings. The van der Waals surface area contributed by atoms with Gasteiger partial charge in [-0.1, -0.05) is 34.4 Å². The van der Waals surface area contributed by atoms with Crippen LogP contribution in [0.4, 0.5) is 5.95 Å². The van der Waals surface area contributed by atoms with Crippen LogP contribution in [0.2, 0.25) is 10.0 Å². The molecule has 2 heterocycles. The molecule has 1 aliphatic heterocycles. The van der Waals surface area contributed by atoms with E-state index in [0.717, 1.165) is 16.9 Å². The normalized spacial score (nSPS) is 15.4. The van der Waals surface area contributed by atoms with Gasteiger partial charge in [-0.15, -0.1) is 5.10 Å². The smallest absolute Gasteiger partial charge is 0.271 e. The summed E-state index contributed by atoms with van der Waals surface area (Å²) in [5, 5.41) is 11.9. The zero-order chi connectivity index (χ0) is 21.1. The number of oxime groups is 1. The second-order valence-corrected chi connectivity index (χ2v) is 7.38. The molecule has 0 spiro atoms. The number of hydrogen-bond acceptors (Lipinski definition) is 6. The third-order valence-electron chi connectivity index (χ3n) is 4.48. The zero-order valence-corrected chi connectivity index (χ0v) is 17.4. The Morgan fingerprint density at radius 2 is 2.03 bits per heavy atom. The second-order valence-electron chi connectivity index (χ2n) is 6.57. The molecule has 0 saturated heterocycles. The van der Waals surface area contributed by atoms with Crippen LogP contribution in [0, 0.1) is 0 Å². The third kappa shape index (κ3) is 4.55. The zero-order valence-electron chi connectivity index (χ0n) is 15.9. The summed E-state index contributed by atoms with van der Waals surface area (Å²) >= 11 is 12.0. The molecule has 154 valence electrons. The highest BCUT2D eigenvalue weighted by molar-refractivity contribution is 6.42. The van der Waals surface area contributed by atoms with Gasteiger partial charge < -0.3 is 9.57 Å². The largest absolute Gasteiger partial charge is 0.497 e. The number of nitrogens with one attached hydrogen (secondary N) is 1. The minimum atomic E-state index is -0.746. The number of ether oxygens (including phenoxy) is 1. The Hall–Kier alpha value is -3.10. The maximum absolute atomic E-state index is 12.5. The van der Waals surface area contributed by atoms with Crippen molar-refractivity contribution in [2.24, 2.45) is 5.16 Å². The lowest BCUT2D eigenvalue weighted by Crippen LogP contribution is -2.28. The van der Waals surface area contributed by atoms with Crippen LogP contribution in [-0.2, 0) is 16.2 Å². The van der Waals surface area contributed by atoms with E-state index in [4.69, 9.17) is 32.8 Å². The maximum atomic E-state index is 12.5. The topological polar surface area (TPSA) is 90.6 Å². The summed E-state index contributed by atoms with van der Waals surface area (Å²) in [5.74, 6) is 0.561. The number of rotatable bonds is 6. The van der Waals surface area contributed by atoms with Crippen LogP contribution in [-0.4, -0.2) is 39.6 Å². The number of nitrogens with zero attached hydrogens (tertiary/aromatic N) is 4. The first-order valence-corrected chi connectivity index (χ1v) is 9.79. The van der Waals surface area contributed by atoms with E-state index in [1.807, 2.05) is 30.3 Å². The van der Waals surface area contributed by atoms with Crippen molar-refractivity contribution in [1.29, 1.82) is 0 Å². The summed E-state index contributed by atoms with van der Waals surface area (Å²) in [4.78, 5) is 21.9. The summed E-state index contributed by atoms with van der Waals surface area (Å²) in [6.45, 7) is 0.435. The van der Waals surface area contributed by atoms with Gasteiger partial charge in [0, 0.05) is 6.42 Å². The molecule has 0 bridgehead atoms. The minimum absolute atomic E-state index is 0.182. The highest BCUT2D eigenvalue weighted by Crippen LogP contribution is 2.23. The monoisotopic (exact) mass is 445 g/mol. The summed E-state index contributed by atoms with van der Waals surface area (Å²) in [6.07, 6.45) is 1.12. The molecule has 1 N–H and O–H groups in total. The van der Waals surface area contributed by atoms with Crippen LogP contribution in [0.25, 0.3) is 0 Å². The number of halogens is 2. The number of methoxy groups -OCH3 is 1. The lowest BCUT2D eigenvalue weighted by molar-refractivity contribution is -0.125.